The van der Waals surface area contributed by atoms with E-state index in [4.69, 9.17) is 5.11 Å². The van der Waals surface area contributed by atoms with E-state index in [0.717, 1.165) is 0 Å². The minimum absolute atomic E-state index is 0.0178. The number of hydrogen-bond donors (Lipinski definition) is 3. The standard InChI is InChI=1S/C16H21FN2O3/c1-9(2)13(5-6-20)19-16(22)12-8-15(21)18-14-7-10(17)3-4-11(12)14/h3-4,7,9,12-13,20H,5-6,8H2,1-2H3,(H,18,21)(H,19,22). The summed E-state index contributed by atoms with van der Waals surface area (Å²) < 4.78 is 13.3. The van der Waals surface area contributed by atoms with Gasteiger partial charge >= 0.3 is 0 Å². The van der Waals surface area contributed by atoms with Crippen molar-refractivity contribution in [3.63, 3.8) is 0 Å². The van der Waals surface area contributed by atoms with Gasteiger partial charge < -0.3 is 15.7 Å². The number of carbonyl (C=O) groups excluding carboxylic acids is 2. The Kier molecular flexibility index (Phi) is 5.13. The molecule has 0 aromatic heterocycles. The molecule has 2 rings (SSSR count). The summed E-state index contributed by atoms with van der Waals surface area (Å²) in [6.45, 7) is 3.89. The fourth-order valence-electron chi connectivity index (χ4n) is 2.67. The van der Waals surface area contributed by atoms with E-state index in [-0.39, 0.29) is 36.8 Å². The second-order valence-electron chi connectivity index (χ2n) is 5.91. The molecule has 1 aliphatic heterocycles. The van der Waals surface area contributed by atoms with Crippen LogP contribution in [0.2, 0.25) is 0 Å². The predicted molar refractivity (Wildman–Crippen MR) is 80.9 cm³/mol. The highest BCUT2D eigenvalue weighted by atomic mass is 19.1. The summed E-state index contributed by atoms with van der Waals surface area (Å²) in [6, 6.07) is 3.88. The molecule has 2 amide bonds. The minimum atomic E-state index is -0.635. The summed E-state index contributed by atoms with van der Waals surface area (Å²) in [5.41, 5.74) is 0.963. The molecule has 0 aliphatic carbocycles. The van der Waals surface area contributed by atoms with Crippen LogP contribution in [-0.2, 0) is 9.59 Å². The predicted octanol–water partition coefficient (Wildman–Crippen LogP) is 1.77. The third kappa shape index (κ3) is 3.62. The minimum Gasteiger partial charge on any atom is -0.396 e. The quantitative estimate of drug-likeness (QED) is 0.776. The van der Waals surface area contributed by atoms with E-state index in [1.807, 2.05) is 13.8 Å². The maximum absolute atomic E-state index is 13.3. The Labute approximate surface area is 128 Å². The Hall–Kier alpha value is -1.95. The number of amides is 2. The third-order valence-electron chi connectivity index (χ3n) is 3.94. The van der Waals surface area contributed by atoms with Crippen LogP contribution in [0.4, 0.5) is 10.1 Å². The molecule has 0 spiro atoms. The molecule has 6 heteroatoms. The summed E-state index contributed by atoms with van der Waals surface area (Å²) in [6.07, 6.45) is 0.493. The van der Waals surface area contributed by atoms with Gasteiger partial charge in [-0.3, -0.25) is 9.59 Å². The van der Waals surface area contributed by atoms with E-state index in [9.17, 15) is 14.0 Å². The fraction of sp³-hybridized carbons (Fsp3) is 0.500. The van der Waals surface area contributed by atoms with Crippen molar-refractivity contribution in [1.82, 2.24) is 5.32 Å². The summed E-state index contributed by atoms with van der Waals surface area (Å²) in [5.74, 6) is -1.50. The molecular weight excluding hydrogens is 287 g/mol. The lowest BCUT2D eigenvalue weighted by molar-refractivity contribution is -0.127. The first-order valence-corrected chi connectivity index (χ1v) is 7.43. The molecule has 1 aliphatic rings. The summed E-state index contributed by atoms with van der Waals surface area (Å²) >= 11 is 0. The van der Waals surface area contributed by atoms with Crippen molar-refractivity contribution in [3.8, 4) is 0 Å². The number of anilines is 1. The van der Waals surface area contributed by atoms with E-state index in [1.165, 1.54) is 18.2 Å². The molecule has 3 N–H and O–H groups in total. The smallest absolute Gasteiger partial charge is 0.228 e. The Morgan fingerprint density at radius 1 is 1.50 bits per heavy atom. The molecule has 5 nitrogen and oxygen atoms in total. The van der Waals surface area contributed by atoms with Gasteiger partial charge in [-0.1, -0.05) is 19.9 Å². The maximum Gasteiger partial charge on any atom is 0.228 e. The van der Waals surface area contributed by atoms with Crippen molar-refractivity contribution in [3.05, 3.63) is 29.6 Å². The molecule has 0 fully saturated rings. The molecule has 1 aromatic carbocycles. The second kappa shape index (κ2) is 6.87. The van der Waals surface area contributed by atoms with Gasteiger partial charge in [0.25, 0.3) is 0 Å². The van der Waals surface area contributed by atoms with Gasteiger partial charge in [0.1, 0.15) is 5.82 Å². The second-order valence-corrected chi connectivity index (χ2v) is 5.91. The average Bonchev–Trinajstić information content (AvgIpc) is 2.45. The van der Waals surface area contributed by atoms with Gasteiger partial charge in [-0.15, -0.1) is 0 Å². The normalized spacial score (nSPS) is 18.6. The SMILES string of the molecule is CC(C)C(CCO)NC(=O)C1CC(=O)Nc2cc(F)ccc21. The number of fused-ring (bicyclic) bond motifs is 1. The van der Waals surface area contributed by atoms with Crippen molar-refractivity contribution in [1.29, 1.82) is 0 Å². The van der Waals surface area contributed by atoms with Crippen LogP contribution in [0.25, 0.3) is 0 Å². The zero-order valence-corrected chi connectivity index (χ0v) is 12.7. The van der Waals surface area contributed by atoms with Crippen molar-refractivity contribution < 1.29 is 19.1 Å². The lowest BCUT2D eigenvalue weighted by atomic mass is 9.89. The number of halogens is 1. The molecule has 1 aromatic rings. The summed E-state index contributed by atoms with van der Waals surface area (Å²) in [4.78, 5) is 24.3. The van der Waals surface area contributed by atoms with Crippen molar-refractivity contribution in [2.45, 2.75) is 38.6 Å². The number of nitrogens with one attached hydrogen (secondary N) is 2. The number of benzene rings is 1. The van der Waals surface area contributed by atoms with Crippen LogP contribution in [0.3, 0.4) is 0 Å². The molecule has 0 radical (unpaired) electrons. The molecule has 22 heavy (non-hydrogen) atoms. The van der Waals surface area contributed by atoms with Gasteiger partial charge in [0.05, 0.1) is 5.92 Å². The summed E-state index contributed by atoms with van der Waals surface area (Å²) in [5, 5.41) is 14.6. The lowest BCUT2D eigenvalue weighted by Crippen LogP contribution is -2.43. The average molecular weight is 308 g/mol. The fourth-order valence-corrected chi connectivity index (χ4v) is 2.67. The van der Waals surface area contributed by atoms with Crippen LogP contribution in [0.15, 0.2) is 18.2 Å². The van der Waals surface area contributed by atoms with Gasteiger partial charge in [0, 0.05) is 24.8 Å². The van der Waals surface area contributed by atoms with Crippen LogP contribution in [0.5, 0.6) is 0 Å². The van der Waals surface area contributed by atoms with Gasteiger partial charge in [-0.2, -0.15) is 0 Å². The van der Waals surface area contributed by atoms with Gasteiger partial charge in [-0.25, -0.2) is 4.39 Å². The van der Waals surface area contributed by atoms with E-state index in [2.05, 4.69) is 10.6 Å². The Morgan fingerprint density at radius 2 is 2.23 bits per heavy atom. The number of carbonyl (C=O) groups is 2. The van der Waals surface area contributed by atoms with Crippen LogP contribution in [-0.4, -0.2) is 29.6 Å². The van der Waals surface area contributed by atoms with Crippen molar-refractivity contribution in [2.24, 2.45) is 5.92 Å². The van der Waals surface area contributed by atoms with Gasteiger partial charge in [-0.05, 0) is 30.0 Å². The topological polar surface area (TPSA) is 78.4 Å². The first-order chi connectivity index (χ1) is 10.4. The Morgan fingerprint density at radius 3 is 2.86 bits per heavy atom. The van der Waals surface area contributed by atoms with Crippen molar-refractivity contribution >= 4 is 17.5 Å². The molecule has 0 saturated heterocycles. The zero-order chi connectivity index (χ0) is 16.3. The highest BCUT2D eigenvalue weighted by molar-refractivity contribution is 6.01. The Balaban J connectivity index is 2.21. The van der Waals surface area contributed by atoms with Gasteiger partial charge in [0.2, 0.25) is 11.8 Å². The molecule has 120 valence electrons. The first kappa shape index (κ1) is 16.4. The monoisotopic (exact) mass is 308 g/mol. The first-order valence-electron chi connectivity index (χ1n) is 7.43. The Bertz CT molecular complexity index is 575. The van der Waals surface area contributed by atoms with Crippen LogP contribution in [0.1, 0.15) is 38.2 Å². The zero-order valence-electron chi connectivity index (χ0n) is 12.7. The van der Waals surface area contributed by atoms with Crippen LogP contribution in [0, 0.1) is 11.7 Å². The lowest BCUT2D eigenvalue weighted by Gasteiger charge is -2.28. The largest absolute Gasteiger partial charge is 0.396 e. The number of aliphatic hydroxyl groups is 1. The summed E-state index contributed by atoms with van der Waals surface area (Å²) in [7, 11) is 0. The van der Waals surface area contributed by atoms with Gasteiger partial charge in [0.15, 0.2) is 0 Å². The van der Waals surface area contributed by atoms with E-state index >= 15 is 0 Å². The highest BCUT2D eigenvalue weighted by Gasteiger charge is 2.32. The van der Waals surface area contributed by atoms with Crippen LogP contribution >= 0.6 is 0 Å². The molecule has 1 heterocycles. The molecule has 2 atom stereocenters. The highest BCUT2D eigenvalue weighted by Crippen LogP contribution is 2.33. The molecule has 0 bridgehead atoms. The maximum atomic E-state index is 13.3. The number of hydrogen-bond acceptors (Lipinski definition) is 3. The number of aliphatic hydroxyl groups excluding tert-OH is 1. The van der Waals surface area contributed by atoms with Crippen LogP contribution < -0.4 is 10.6 Å². The van der Waals surface area contributed by atoms with Crippen molar-refractivity contribution in [2.75, 3.05) is 11.9 Å². The van der Waals surface area contributed by atoms with E-state index < -0.39 is 11.7 Å². The molecule has 0 saturated carbocycles. The van der Waals surface area contributed by atoms with E-state index in [1.54, 1.807) is 0 Å². The van der Waals surface area contributed by atoms with E-state index in [0.29, 0.717) is 17.7 Å². The molecule has 2 unspecified atom stereocenters. The third-order valence-corrected chi connectivity index (χ3v) is 3.94. The molecular formula is C16H21FN2O3. The number of rotatable bonds is 5.